The van der Waals surface area contributed by atoms with Crippen molar-refractivity contribution >= 4 is 57.5 Å². The van der Waals surface area contributed by atoms with E-state index in [1.54, 1.807) is 23.7 Å². The third kappa shape index (κ3) is 5.70. The number of carboxylic acid groups (broad SMARTS) is 1. The fourth-order valence-corrected chi connectivity index (χ4v) is 4.33. The maximum absolute atomic E-state index is 12.7. The van der Waals surface area contributed by atoms with Crippen LogP contribution in [0.2, 0.25) is 5.02 Å². The van der Waals surface area contributed by atoms with Gasteiger partial charge in [0.25, 0.3) is 17.7 Å². The summed E-state index contributed by atoms with van der Waals surface area (Å²) in [6, 6.07) is 11.6. The van der Waals surface area contributed by atoms with Crippen molar-refractivity contribution in [1.29, 1.82) is 0 Å². The van der Waals surface area contributed by atoms with E-state index < -0.39 is 29.7 Å². The fourth-order valence-electron chi connectivity index (χ4n) is 3.43. The number of carbonyl (C=O) groups is 4. The number of amides is 3. The van der Waals surface area contributed by atoms with Gasteiger partial charge in [-0.15, -0.1) is 11.3 Å². The zero-order chi connectivity index (χ0) is 25.7. The third-order valence-electron chi connectivity index (χ3n) is 5.31. The monoisotopic (exact) mass is 525 g/mol. The lowest BCUT2D eigenvalue weighted by Gasteiger charge is -2.16. The van der Waals surface area contributed by atoms with Crippen LogP contribution in [0, 0.1) is 0 Å². The molecular weight excluding hydrogens is 506 g/mol. The molecule has 184 valence electrons. The van der Waals surface area contributed by atoms with Crippen LogP contribution in [0.1, 0.15) is 36.0 Å². The summed E-state index contributed by atoms with van der Waals surface area (Å²) in [7, 11) is 0. The third-order valence-corrected chi connectivity index (χ3v) is 6.49. The molecule has 5 N–H and O–H groups in total. The molecule has 0 fully saturated rings. The second kappa shape index (κ2) is 11.0. The number of aromatic amines is 1. The van der Waals surface area contributed by atoms with Gasteiger partial charge in [-0.2, -0.15) is 5.10 Å². The van der Waals surface area contributed by atoms with Crippen molar-refractivity contribution in [2.75, 3.05) is 6.54 Å². The molecule has 1 atom stereocenters. The lowest BCUT2D eigenvalue weighted by Crippen LogP contribution is -2.48. The van der Waals surface area contributed by atoms with Gasteiger partial charge in [0, 0.05) is 24.0 Å². The normalized spacial score (nSPS) is 11.6. The van der Waals surface area contributed by atoms with Crippen molar-refractivity contribution in [3.8, 4) is 0 Å². The van der Waals surface area contributed by atoms with Gasteiger partial charge in [-0.1, -0.05) is 29.8 Å². The standard InChI is InChI=1S/C24H20ClN5O5S/c25-17-9-13(21(31)26-10-14-3-1-4-18-16(14)11-28-30-18)6-7-15(17)22(32)29-19(24(34)35)12-27-23(33)20-5-2-8-36-20/h1-9,11,19H,10,12H2,(H,26,31)(H,27,33)(H,28,30)(H,29,32)(H,34,35)/t19-/m0/s1. The number of nitrogens with zero attached hydrogens (tertiary/aromatic N) is 1. The SMILES string of the molecule is O=C(NCc1cccc2[nH]ncc12)c1ccc(C(=O)N[C@@H](CNC(=O)c2cccs2)C(=O)O)c(Cl)c1. The van der Waals surface area contributed by atoms with Gasteiger partial charge in [-0.05, 0) is 41.3 Å². The van der Waals surface area contributed by atoms with Crippen LogP contribution in [-0.4, -0.2) is 51.6 Å². The minimum absolute atomic E-state index is 0.00721. The molecule has 2 heterocycles. The van der Waals surface area contributed by atoms with E-state index in [0.29, 0.717) is 4.88 Å². The van der Waals surface area contributed by atoms with Gasteiger partial charge < -0.3 is 21.1 Å². The van der Waals surface area contributed by atoms with E-state index in [-0.39, 0.29) is 29.2 Å². The minimum atomic E-state index is -1.38. The number of carboxylic acids is 1. The predicted molar refractivity (Wildman–Crippen MR) is 134 cm³/mol. The summed E-state index contributed by atoms with van der Waals surface area (Å²) in [5, 5.41) is 26.5. The maximum atomic E-state index is 12.7. The molecule has 0 saturated carbocycles. The molecule has 0 spiro atoms. The number of fused-ring (bicyclic) bond motifs is 1. The Morgan fingerprint density at radius 3 is 2.58 bits per heavy atom. The molecule has 0 aliphatic heterocycles. The summed E-state index contributed by atoms with van der Waals surface area (Å²) in [6.07, 6.45) is 1.68. The highest BCUT2D eigenvalue weighted by atomic mass is 35.5. The fraction of sp³-hybridized carbons (Fsp3) is 0.125. The molecule has 3 amide bonds. The Bertz CT molecular complexity index is 1440. The van der Waals surface area contributed by atoms with E-state index in [9.17, 15) is 24.3 Å². The smallest absolute Gasteiger partial charge is 0.328 e. The predicted octanol–water partition coefficient (Wildman–Crippen LogP) is 2.82. The quantitative estimate of drug-likeness (QED) is 0.226. The maximum Gasteiger partial charge on any atom is 0.328 e. The van der Waals surface area contributed by atoms with Crippen molar-refractivity contribution in [3.05, 3.63) is 86.7 Å². The van der Waals surface area contributed by atoms with E-state index in [0.717, 1.165) is 16.5 Å². The average molecular weight is 526 g/mol. The summed E-state index contributed by atoms with van der Waals surface area (Å²) in [5.41, 5.74) is 1.95. The highest BCUT2D eigenvalue weighted by molar-refractivity contribution is 7.12. The summed E-state index contributed by atoms with van der Waals surface area (Å²) in [6.45, 7) is -0.0631. The van der Waals surface area contributed by atoms with Gasteiger partial charge in [0.1, 0.15) is 6.04 Å². The number of rotatable bonds is 9. The molecular formula is C24H20ClN5O5S. The summed E-state index contributed by atoms with van der Waals surface area (Å²) in [4.78, 5) is 49.4. The first kappa shape index (κ1) is 24.9. The van der Waals surface area contributed by atoms with Gasteiger partial charge >= 0.3 is 5.97 Å². The molecule has 4 aromatic rings. The van der Waals surface area contributed by atoms with E-state index in [1.807, 2.05) is 18.2 Å². The molecule has 2 aromatic heterocycles. The molecule has 12 heteroatoms. The first-order chi connectivity index (χ1) is 17.3. The number of hydrogen-bond donors (Lipinski definition) is 5. The molecule has 0 radical (unpaired) electrons. The molecule has 10 nitrogen and oxygen atoms in total. The second-order valence-corrected chi connectivity index (χ2v) is 9.03. The molecule has 0 saturated heterocycles. The Labute approximate surface area is 213 Å². The Balaban J connectivity index is 1.37. The van der Waals surface area contributed by atoms with Crippen molar-refractivity contribution in [2.24, 2.45) is 0 Å². The number of aliphatic carboxylic acids is 1. The average Bonchev–Trinajstić information content (AvgIpc) is 3.57. The van der Waals surface area contributed by atoms with Crippen LogP contribution in [0.4, 0.5) is 0 Å². The van der Waals surface area contributed by atoms with E-state index in [2.05, 4.69) is 26.1 Å². The van der Waals surface area contributed by atoms with Crippen molar-refractivity contribution in [2.45, 2.75) is 12.6 Å². The Morgan fingerprint density at radius 2 is 1.86 bits per heavy atom. The Morgan fingerprint density at radius 1 is 1.03 bits per heavy atom. The molecule has 0 bridgehead atoms. The number of halogens is 1. The molecule has 0 unspecified atom stereocenters. The molecule has 0 aliphatic carbocycles. The van der Waals surface area contributed by atoms with Crippen molar-refractivity contribution in [3.63, 3.8) is 0 Å². The molecule has 0 aliphatic rings. The highest BCUT2D eigenvalue weighted by Crippen LogP contribution is 2.19. The first-order valence-electron chi connectivity index (χ1n) is 10.7. The van der Waals surface area contributed by atoms with Crippen molar-refractivity contribution in [1.82, 2.24) is 26.1 Å². The van der Waals surface area contributed by atoms with Gasteiger partial charge in [0.15, 0.2) is 0 Å². The van der Waals surface area contributed by atoms with Gasteiger partial charge in [0.05, 0.1) is 27.2 Å². The van der Waals surface area contributed by atoms with Gasteiger partial charge in [-0.3, -0.25) is 19.5 Å². The summed E-state index contributed by atoms with van der Waals surface area (Å²) >= 11 is 7.45. The second-order valence-electron chi connectivity index (χ2n) is 7.68. The van der Waals surface area contributed by atoms with Gasteiger partial charge in [0.2, 0.25) is 0 Å². The molecule has 4 rings (SSSR count). The minimum Gasteiger partial charge on any atom is -0.480 e. The largest absolute Gasteiger partial charge is 0.480 e. The summed E-state index contributed by atoms with van der Waals surface area (Å²) in [5.74, 6) is -2.92. The van der Waals surface area contributed by atoms with Crippen molar-refractivity contribution < 1.29 is 24.3 Å². The number of nitrogens with one attached hydrogen (secondary N) is 4. The number of carbonyl (C=O) groups excluding carboxylic acids is 3. The number of thiophene rings is 1. The van der Waals surface area contributed by atoms with E-state index in [1.165, 1.54) is 29.5 Å². The first-order valence-corrected chi connectivity index (χ1v) is 11.9. The van der Waals surface area contributed by atoms with Crippen LogP contribution in [0.3, 0.4) is 0 Å². The van der Waals surface area contributed by atoms with Gasteiger partial charge in [-0.25, -0.2) is 4.79 Å². The highest BCUT2D eigenvalue weighted by Gasteiger charge is 2.23. The van der Waals surface area contributed by atoms with E-state index in [4.69, 9.17) is 11.6 Å². The summed E-state index contributed by atoms with van der Waals surface area (Å²) < 4.78 is 0. The number of H-pyrrole nitrogens is 1. The van der Waals surface area contributed by atoms with Crippen LogP contribution in [-0.2, 0) is 11.3 Å². The zero-order valence-corrected chi connectivity index (χ0v) is 20.2. The lowest BCUT2D eigenvalue weighted by atomic mass is 10.1. The Kier molecular flexibility index (Phi) is 7.62. The molecule has 36 heavy (non-hydrogen) atoms. The topological polar surface area (TPSA) is 153 Å². The van der Waals surface area contributed by atoms with Crippen LogP contribution in [0.5, 0.6) is 0 Å². The van der Waals surface area contributed by atoms with Crippen LogP contribution in [0.25, 0.3) is 10.9 Å². The number of aromatic nitrogens is 2. The van der Waals surface area contributed by atoms with Crippen LogP contribution < -0.4 is 16.0 Å². The van der Waals surface area contributed by atoms with Crippen LogP contribution >= 0.6 is 22.9 Å². The number of benzene rings is 2. The number of hydrogen-bond acceptors (Lipinski definition) is 6. The molecule has 2 aromatic carbocycles. The van der Waals surface area contributed by atoms with E-state index >= 15 is 0 Å². The zero-order valence-electron chi connectivity index (χ0n) is 18.6. The lowest BCUT2D eigenvalue weighted by molar-refractivity contribution is -0.139. The Hall–Kier alpha value is -4.22. The van der Waals surface area contributed by atoms with Crippen LogP contribution in [0.15, 0.2) is 60.1 Å².